The zero-order valence-electron chi connectivity index (χ0n) is 8.09. The number of ether oxygens (including phenoxy) is 1. The number of aromatic nitrogens is 1. The van der Waals surface area contributed by atoms with Crippen LogP contribution in [0.15, 0.2) is 22.8 Å². The third-order valence-corrected chi connectivity index (χ3v) is 2.79. The van der Waals surface area contributed by atoms with Crippen molar-refractivity contribution in [2.45, 2.75) is 6.92 Å². The molecule has 3 nitrogen and oxygen atoms in total. The minimum absolute atomic E-state index is 0.286. The van der Waals surface area contributed by atoms with Crippen LogP contribution in [0.5, 0.6) is 0 Å². The molecule has 0 saturated carbocycles. The molecule has 0 bridgehead atoms. The van der Waals surface area contributed by atoms with Crippen molar-refractivity contribution < 1.29 is 4.74 Å². The highest BCUT2D eigenvalue weighted by Crippen LogP contribution is 2.26. The van der Waals surface area contributed by atoms with Crippen LogP contribution in [-0.2, 0) is 4.74 Å². The fourth-order valence-electron chi connectivity index (χ4n) is 1.34. The molecule has 0 spiro atoms. The zero-order valence-corrected chi connectivity index (χ0v) is 9.67. The molecule has 1 aromatic rings. The Balaban J connectivity index is 1.88. The summed E-state index contributed by atoms with van der Waals surface area (Å²) in [6.45, 7) is 4.82. The lowest BCUT2D eigenvalue weighted by atomic mass is 9.89. The summed E-state index contributed by atoms with van der Waals surface area (Å²) in [5, 5.41) is 3.30. The third-order valence-electron chi connectivity index (χ3n) is 2.32. The number of hydrogen-bond acceptors (Lipinski definition) is 3. The molecule has 0 aliphatic carbocycles. The van der Waals surface area contributed by atoms with Crippen molar-refractivity contribution in [1.29, 1.82) is 0 Å². The van der Waals surface area contributed by atoms with Crippen LogP contribution in [0.2, 0.25) is 0 Å². The summed E-state index contributed by atoms with van der Waals surface area (Å²) in [5.41, 5.74) is 0.286. The highest BCUT2D eigenvalue weighted by molar-refractivity contribution is 9.10. The first-order valence-electron chi connectivity index (χ1n) is 4.61. The van der Waals surface area contributed by atoms with Gasteiger partial charge in [-0.2, -0.15) is 0 Å². The second-order valence-corrected chi connectivity index (χ2v) is 4.93. The van der Waals surface area contributed by atoms with Gasteiger partial charge in [0.25, 0.3) is 0 Å². The predicted molar refractivity (Wildman–Crippen MR) is 59.4 cm³/mol. The van der Waals surface area contributed by atoms with E-state index in [1.165, 1.54) is 0 Å². The highest BCUT2D eigenvalue weighted by atomic mass is 79.9. The van der Waals surface area contributed by atoms with Gasteiger partial charge in [0.1, 0.15) is 5.82 Å². The summed E-state index contributed by atoms with van der Waals surface area (Å²) in [7, 11) is 0. The van der Waals surface area contributed by atoms with Gasteiger partial charge < -0.3 is 10.1 Å². The van der Waals surface area contributed by atoms with Crippen molar-refractivity contribution >= 4 is 21.7 Å². The van der Waals surface area contributed by atoms with E-state index in [9.17, 15) is 0 Å². The van der Waals surface area contributed by atoms with E-state index >= 15 is 0 Å². The summed E-state index contributed by atoms with van der Waals surface area (Å²) >= 11 is 3.35. The minimum atomic E-state index is 0.286. The van der Waals surface area contributed by atoms with Crippen molar-refractivity contribution in [2.75, 3.05) is 25.1 Å². The average Bonchev–Trinajstić information content (AvgIpc) is 2.14. The van der Waals surface area contributed by atoms with Crippen molar-refractivity contribution in [3.63, 3.8) is 0 Å². The summed E-state index contributed by atoms with van der Waals surface area (Å²) in [6, 6.07) is 3.95. The Hall–Kier alpha value is -0.610. The van der Waals surface area contributed by atoms with E-state index in [-0.39, 0.29) is 5.41 Å². The highest BCUT2D eigenvalue weighted by Gasteiger charge is 2.32. The molecule has 0 unspecified atom stereocenters. The largest absolute Gasteiger partial charge is 0.380 e. The summed E-state index contributed by atoms with van der Waals surface area (Å²) in [5.74, 6) is 0.918. The van der Waals surface area contributed by atoms with Gasteiger partial charge in [-0.25, -0.2) is 4.98 Å². The van der Waals surface area contributed by atoms with E-state index in [1.54, 1.807) is 6.20 Å². The molecule has 0 amide bonds. The lowest BCUT2D eigenvalue weighted by Crippen LogP contribution is -2.45. The predicted octanol–water partition coefficient (Wildman–Crippen LogP) is 2.29. The van der Waals surface area contributed by atoms with Gasteiger partial charge in [0.2, 0.25) is 0 Å². The first-order valence-corrected chi connectivity index (χ1v) is 5.40. The van der Waals surface area contributed by atoms with Crippen LogP contribution in [0.4, 0.5) is 5.82 Å². The molecule has 1 saturated heterocycles. The average molecular weight is 257 g/mol. The lowest BCUT2D eigenvalue weighted by Gasteiger charge is -2.38. The van der Waals surface area contributed by atoms with Crippen molar-refractivity contribution in [1.82, 2.24) is 4.98 Å². The van der Waals surface area contributed by atoms with Crippen LogP contribution in [0.25, 0.3) is 0 Å². The molecule has 1 aromatic heterocycles. The van der Waals surface area contributed by atoms with Crippen molar-refractivity contribution in [3.05, 3.63) is 22.8 Å². The molecule has 0 aromatic carbocycles. The lowest BCUT2D eigenvalue weighted by molar-refractivity contribution is -0.0924. The molecule has 4 heteroatoms. The normalized spacial score (nSPS) is 18.7. The van der Waals surface area contributed by atoms with Crippen LogP contribution < -0.4 is 5.32 Å². The fraction of sp³-hybridized carbons (Fsp3) is 0.500. The molecular weight excluding hydrogens is 244 g/mol. The number of rotatable bonds is 3. The summed E-state index contributed by atoms with van der Waals surface area (Å²) in [4.78, 5) is 4.24. The van der Waals surface area contributed by atoms with Crippen LogP contribution >= 0.6 is 15.9 Å². The quantitative estimate of drug-likeness (QED) is 0.902. The molecule has 1 N–H and O–H groups in total. The van der Waals surface area contributed by atoms with Gasteiger partial charge in [-0.1, -0.05) is 6.92 Å². The maximum atomic E-state index is 5.18. The molecule has 2 rings (SSSR count). The number of anilines is 1. The van der Waals surface area contributed by atoms with Crippen molar-refractivity contribution in [2.24, 2.45) is 5.41 Å². The first kappa shape index (κ1) is 9.93. The Morgan fingerprint density at radius 1 is 1.57 bits per heavy atom. The molecular formula is C10H13BrN2O. The zero-order chi connectivity index (χ0) is 10.0. The van der Waals surface area contributed by atoms with E-state index in [4.69, 9.17) is 4.74 Å². The van der Waals surface area contributed by atoms with Crippen LogP contribution in [-0.4, -0.2) is 24.7 Å². The topological polar surface area (TPSA) is 34.2 Å². The molecule has 2 heterocycles. The first-order chi connectivity index (χ1) is 6.68. The molecule has 14 heavy (non-hydrogen) atoms. The van der Waals surface area contributed by atoms with Gasteiger partial charge in [-0.15, -0.1) is 0 Å². The SMILES string of the molecule is CC1(CNc2ccc(Br)cn2)COC1. The van der Waals surface area contributed by atoms with Crippen LogP contribution in [0.1, 0.15) is 6.92 Å². The molecule has 1 aliphatic heterocycles. The Morgan fingerprint density at radius 2 is 2.36 bits per heavy atom. The Kier molecular flexibility index (Phi) is 2.74. The van der Waals surface area contributed by atoms with E-state index < -0.39 is 0 Å². The number of nitrogens with zero attached hydrogens (tertiary/aromatic N) is 1. The van der Waals surface area contributed by atoms with Gasteiger partial charge in [0.15, 0.2) is 0 Å². The number of pyridine rings is 1. The number of nitrogens with one attached hydrogen (secondary N) is 1. The standard InChI is InChI=1S/C10H13BrN2O/c1-10(6-14-7-10)5-13-9-3-2-8(11)4-12-9/h2-4H,5-7H2,1H3,(H,12,13). The van der Waals surface area contributed by atoms with Crippen LogP contribution in [0, 0.1) is 5.41 Å². The Labute approximate surface area is 92.0 Å². The van der Waals surface area contributed by atoms with Gasteiger partial charge in [-0.05, 0) is 28.1 Å². The van der Waals surface area contributed by atoms with E-state index in [2.05, 4.69) is 33.2 Å². The Morgan fingerprint density at radius 3 is 2.86 bits per heavy atom. The molecule has 76 valence electrons. The van der Waals surface area contributed by atoms with E-state index in [1.807, 2.05) is 12.1 Å². The van der Waals surface area contributed by atoms with Gasteiger partial charge in [0, 0.05) is 22.6 Å². The summed E-state index contributed by atoms with van der Waals surface area (Å²) < 4.78 is 6.18. The third kappa shape index (κ3) is 2.25. The maximum Gasteiger partial charge on any atom is 0.125 e. The van der Waals surface area contributed by atoms with Gasteiger partial charge in [-0.3, -0.25) is 0 Å². The maximum absolute atomic E-state index is 5.18. The molecule has 0 atom stereocenters. The van der Waals surface area contributed by atoms with Gasteiger partial charge >= 0.3 is 0 Å². The van der Waals surface area contributed by atoms with Crippen LogP contribution in [0.3, 0.4) is 0 Å². The monoisotopic (exact) mass is 256 g/mol. The minimum Gasteiger partial charge on any atom is -0.380 e. The fourth-order valence-corrected chi connectivity index (χ4v) is 1.57. The van der Waals surface area contributed by atoms with Gasteiger partial charge in [0.05, 0.1) is 13.2 Å². The van der Waals surface area contributed by atoms with E-state index in [0.29, 0.717) is 0 Å². The second-order valence-electron chi connectivity index (χ2n) is 4.02. The van der Waals surface area contributed by atoms with E-state index in [0.717, 1.165) is 30.0 Å². The number of hydrogen-bond donors (Lipinski definition) is 1. The molecule has 1 aliphatic rings. The molecule has 1 fully saturated rings. The Bertz CT molecular complexity index is 308. The number of halogens is 1. The second kappa shape index (κ2) is 3.87. The summed E-state index contributed by atoms with van der Waals surface area (Å²) in [6.07, 6.45) is 1.79. The molecule has 0 radical (unpaired) electrons. The smallest absolute Gasteiger partial charge is 0.125 e. The van der Waals surface area contributed by atoms with Crippen molar-refractivity contribution in [3.8, 4) is 0 Å².